The van der Waals surface area contributed by atoms with E-state index in [-0.39, 0.29) is 5.41 Å². The van der Waals surface area contributed by atoms with Crippen molar-refractivity contribution in [2.45, 2.75) is 46.1 Å². The molecule has 1 aromatic rings. The molecule has 0 aliphatic heterocycles. The summed E-state index contributed by atoms with van der Waals surface area (Å²) in [7, 11) is 0. The van der Waals surface area contributed by atoms with E-state index in [1.54, 1.807) is 0 Å². The summed E-state index contributed by atoms with van der Waals surface area (Å²) in [6, 6.07) is 6.47. The molecule has 0 spiro atoms. The Morgan fingerprint density at radius 2 is 2.00 bits per heavy atom. The maximum atomic E-state index is 6.33. The lowest BCUT2D eigenvalue weighted by Crippen LogP contribution is -2.38. The predicted molar refractivity (Wildman–Crippen MR) is 84.1 cm³/mol. The molecular formula is C16H23Cl2N. The van der Waals surface area contributed by atoms with Gasteiger partial charge in [0.1, 0.15) is 0 Å². The van der Waals surface area contributed by atoms with Crippen LogP contribution in [0.4, 0.5) is 0 Å². The van der Waals surface area contributed by atoms with Gasteiger partial charge in [-0.2, -0.15) is 0 Å². The molecule has 0 amide bonds. The zero-order chi connectivity index (χ0) is 14.0. The van der Waals surface area contributed by atoms with E-state index in [9.17, 15) is 0 Å². The van der Waals surface area contributed by atoms with Gasteiger partial charge in [-0.1, -0.05) is 56.1 Å². The fraction of sp³-hybridized carbons (Fsp3) is 0.625. The minimum Gasteiger partial charge on any atom is -0.314 e. The Bertz CT molecular complexity index is 440. The Morgan fingerprint density at radius 1 is 1.32 bits per heavy atom. The first-order valence-electron chi connectivity index (χ1n) is 7.08. The average Bonchev–Trinajstić information content (AvgIpc) is 3.17. The third-order valence-corrected chi connectivity index (χ3v) is 4.96. The van der Waals surface area contributed by atoms with Crippen LogP contribution in [0.25, 0.3) is 0 Å². The van der Waals surface area contributed by atoms with Gasteiger partial charge in [0.25, 0.3) is 0 Å². The van der Waals surface area contributed by atoms with Crippen LogP contribution in [-0.4, -0.2) is 12.6 Å². The van der Waals surface area contributed by atoms with Crippen LogP contribution in [0.1, 0.15) is 39.2 Å². The van der Waals surface area contributed by atoms with Crippen molar-refractivity contribution >= 4 is 23.2 Å². The zero-order valence-corrected chi connectivity index (χ0v) is 13.5. The summed E-state index contributed by atoms with van der Waals surface area (Å²) in [5.74, 6) is 0.814. The van der Waals surface area contributed by atoms with E-state index in [4.69, 9.17) is 23.2 Å². The van der Waals surface area contributed by atoms with Crippen LogP contribution in [-0.2, 0) is 6.42 Å². The lowest BCUT2D eigenvalue weighted by Gasteiger charge is -2.32. The van der Waals surface area contributed by atoms with Crippen LogP contribution in [0.2, 0.25) is 10.0 Å². The van der Waals surface area contributed by atoms with Gasteiger partial charge in [-0.3, -0.25) is 0 Å². The standard InChI is InChI=1S/C16H23Cl2N/c1-11(2)19-10-16(3,13-7-8-13)9-12-5-4-6-14(17)15(12)18/h4-6,11,13,19H,7-10H2,1-3H3. The van der Waals surface area contributed by atoms with Gasteiger partial charge in [0.05, 0.1) is 10.0 Å². The van der Waals surface area contributed by atoms with Crippen molar-refractivity contribution in [3.63, 3.8) is 0 Å². The van der Waals surface area contributed by atoms with Crippen molar-refractivity contribution in [3.8, 4) is 0 Å². The molecular weight excluding hydrogens is 277 g/mol. The lowest BCUT2D eigenvalue weighted by molar-refractivity contribution is 0.248. The van der Waals surface area contributed by atoms with E-state index in [0.717, 1.165) is 23.9 Å². The molecule has 106 valence electrons. The van der Waals surface area contributed by atoms with Crippen LogP contribution in [0.3, 0.4) is 0 Å². The fourth-order valence-electron chi connectivity index (χ4n) is 2.69. The van der Waals surface area contributed by atoms with Crippen LogP contribution in [0.15, 0.2) is 18.2 Å². The first-order valence-corrected chi connectivity index (χ1v) is 7.84. The highest BCUT2D eigenvalue weighted by atomic mass is 35.5. The van der Waals surface area contributed by atoms with Gasteiger partial charge < -0.3 is 5.32 Å². The van der Waals surface area contributed by atoms with Crippen molar-refractivity contribution in [2.24, 2.45) is 11.3 Å². The molecule has 1 unspecified atom stereocenters. The predicted octanol–water partition coefficient (Wildman–Crippen LogP) is 4.95. The highest BCUT2D eigenvalue weighted by Gasteiger charge is 2.41. The monoisotopic (exact) mass is 299 g/mol. The van der Waals surface area contributed by atoms with Crippen molar-refractivity contribution in [1.29, 1.82) is 0 Å². The van der Waals surface area contributed by atoms with E-state index in [0.29, 0.717) is 11.1 Å². The summed E-state index contributed by atoms with van der Waals surface area (Å²) in [6.07, 6.45) is 3.68. The number of hydrogen-bond acceptors (Lipinski definition) is 1. The fourth-order valence-corrected chi connectivity index (χ4v) is 3.08. The third kappa shape index (κ3) is 3.87. The van der Waals surface area contributed by atoms with E-state index in [2.05, 4.69) is 32.2 Å². The number of benzene rings is 1. The normalized spacial score (nSPS) is 18.6. The molecule has 19 heavy (non-hydrogen) atoms. The van der Waals surface area contributed by atoms with Crippen molar-refractivity contribution in [2.75, 3.05) is 6.54 Å². The van der Waals surface area contributed by atoms with Gasteiger partial charge in [0.2, 0.25) is 0 Å². The Morgan fingerprint density at radius 3 is 2.58 bits per heavy atom. The molecule has 0 saturated heterocycles. The van der Waals surface area contributed by atoms with E-state index in [1.165, 1.54) is 18.4 Å². The van der Waals surface area contributed by atoms with Crippen molar-refractivity contribution in [3.05, 3.63) is 33.8 Å². The van der Waals surface area contributed by atoms with Crippen LogP contribution >= 0.6 is 23.2 Å². The quantitative estimate of drug-likeness (QED) is 0.783. The minimum absolute atomic E-state index is 0.276. The number of halogens is 2. The summed E-state index contributed by atoms with van der Waals surface area (Å²) in [6.45, 7) is 7.80. The third-order valence-electron chi connectivity index (χ3n) is 4.10. The molecule has 1 fully saturated rings. The van der Waals surface area contributed by atoms with E-state index < -0.39 is 0 Å². The van der Waals surface area contributed by atoms with Crippen molar-refractivity contribution in [1.82, 2.24) is 5.32 Å². The molecule has 2 rings (SSSR count). The molecule has 1 N–H and O–H groups in total. The molecule has 3 heteroatoms. The van der Waals surface area contributed by atoms with Gasteiger partial charge in [-0.15, -0.1) is 0 Å². The Labute approximate surface area is 126 Å². The summed E-state index contributed by atoms with van der Waals surface area (Å²) >= 11 is 12.5. The second-order valence-electron chi connectivity index (χ2n) is 6.35. The molecule has 0 heterocycles. The number of nitrogens with one attached hydrogen (secondary N) is 1. The first-order chi connectivity index (χ1) is 8.92. The second-order valence-corrected chi connectivity index (χ2v) is 7.14. The zero-order valence-electron chi connectivity index (χ0n) is 12.0. The van der Waals surface area contributed by atoms with E-state index in [1.807, 2.05) is 12.1 Å². The maximum Gasteiger partial charge on any atom is 0.0624 e. The topological polar surface area (TPSA) is 12.0 Å². The Kier molecular flexibility index (Phi) is 4.81. The van der Waals surface area contributed by atoms with Crippen molar-refractivity contribution < 1.29 is 0 Å². The molecule has 1 aromatic carbocycles. The second kappa shape index (κ2) is 6.03. The van der Waals surface area contributed by atoms with Crippen LogP contribution < -0.4 is 5.32 Å². The molecule has 1 aliphatic carbocycles. The molecule has 1 atom stereocenters. The van der Waals surface area contributed by atoms with Gasteiger partial charge in [-0.25, -0.2) is 0 Å². The largest absolute Gasteiger partial charge is 0.314 e. The molecule has 1 nitrogen and oxygen atoms in total. The Hall–Kier alpha value is -0.240. The lowest BCUT2D eigenvalue weighted by atomic mass is 9.78. The van der Waals surface area contributed by atoms with Gasteiger partial charge in [-0.05, 0) is 42.2 Å². The van der Waals surface area contributed by atoms with Crippen LogP contribution in [0.5, 0.6) is 0 Å². The van der Waals surface area contributed by atoms with Crippen LogP contribution in [0, 0.1) is 11.3 Å². The highest BCUT2D eigenvalue weighted by Crippen LogP contribution is 2.48. The van der Waals surface area contributed by atoms with Gasteiger partial charge in [0, 0.05) is 12.6 Å². The SMILES string of the molecule is CC(C)NCC(C)(Cc1cccc(Cl)c1Cl)C1CC1. The molecule has 1 aliphatic rings. The summed E-state index contributed by atoms with van der Waals surface area (Å²) in [5, 5.41) is 4.97. The minimum atomic E-state index is 0.276. The first kappa shape index (κ1) is 15.2. The molecule has 0 radical (unpaired) electrons. The summed E-state index contributed by atoms with van der Waals surface area (Å²) < 4.78 is 0. The summed E-state index contributed by atoms with van der Waals surface area (Å²) in [4.78, 5) is 0. The maximum absolute atomic E-state index is 6.33. The summed E-state index contributed by atoms with van der Waals surface area (Å²) in [5.41, 5.74) is 1.45. The molecule has 1 saturated carbocycles. The molecule has 0 aromatic heterocycles. The van der Waals surface area contributed by atoms with Gasteiger partial charge >= 0.3 is 0 Å². The number of hydrogen-bond donors (Lipinski definition) is 1. The van der Waals surface area contributed by atoms with Gasteiger partial charge in [0.15, 0.2) is 0 Å². The highest BCUT2D eigenvalue weighted by molar-refractivity contribution is 6.42. The Balaban J connectivity index is 2.14. The smallest absolute Gasteiger partial charge is 0.0624 e. The number of rotatable bonds is 6. The molecule has 0 bridgehead atoms. The average molecular weight is 300 g/mol. The van der Waals surface area contributed by atoms with E-state index >= 15 is 0 Å².